The minimum absolute atomic E-state index is 0.105. The molecule has 31 heavy (non-hydrogen) atoms. The average Bonchev–Trinajstić information content (AvgIpc) is 3.01. The normalized spacial score (nSPS) is 10.8. The van der Waals surface area contributed by atoms with Gasteiger partial charge in [-0.3, -0.25) is 4.79 Å². The Labute approximate surface area is 174 Å². The maximum Gasteiger partial charge on any atom is 0.490 e. The van der Waals surface area contributed by atoms with Crippen LogP contribution in [0.2, 0.25) is 0 Å². The van der Waals surface area contributed by atoms with Gasteiger partial charge in [-0.25, -0.2) is 14.2 Å². The van der Waals surface area contributed by atoms with Gasteiger partial charge >= 0.3 is 12.1 Å². The number of nitrogens with zero attached hydrogens (tertiary/aromatic N) is 2. The van der Waals surface area contributed by atoms with Crippen LogP contribution in [0.1, 0.15) is 21.7 Å². The number of aliphatic carboxylic acids is 1. The highest BCUT2D eigenvalue weighted by molar-refractivity contribution is 6.07. The van der Waals surface area contributed by atoms with Gasteiger partial charge in [0.25, 0.3) is 5.91 Å². The number of nitrogens with one attached hydrogen (secondary N) is 1. The third-order valence-corrected chi connectivity index (χ3v) is 4.17. The van der Waals surface area contributed by atoms with Crippen LogP contribution in [0.5, 0.6) is 0 Å². The van der Waals surface area contributed by atoms with Gasteiger partial charge in [-0.2, -0.15) is 13.2 Å². The lowest BCUT2D eigenvalue weighted by molar-refractivity contribution is -0.192. The highest BCUT2D eigenvalue weighted by Crippen LogP contribution is 2.20. The first kappa shape index (κ1) is 23.4. The largest absolute Gasteiger partial charge is 0.490 e. The second kappa shape index (κ2) is 9.28. The molecule has 1 heterocycles. The third-order valence-electron chi connectivity index (χ3n) is 4.17. The highest BCUT2D eigenvalue weighted by Gasteiger charge is 2.38. The van der Waals surface area contributed by atoms with Crippen LogP contribution in [-0.4, -0.2) is 32.7 Å². The van der Waals surface area contributed by atoms with E-state index in [1.54, 1.807) is 18.5 Å². The van der Waals surface area contributed by atoms with E-state index in [2.05, 4.69) is 10.3 Å². The molecule has 7 nitrogen and oxygen atoms in total. The quantitative estimate of drug-likeness (QED) is 0.421. The summed E-state index contributed by atoms with van der Waals surface area (Å²) in [4.78, 5) is 25.4. The molecule has 0 aliphatic carbocycles. The maximum atomic E-state index is 13.8. The van der Waals surface area contributed by atoms with Crippen LogP contribution >= 0.6 is 0 Å². The number of anilines is 2. The zero-order valence-electron chi connectivity index (χ0n) is 16.4. The molecule has 0 atom stereocenters. The fourth-order valence-electron chi connectivity index (χ4n) is 2.44. The molecule has 11 heteroatoms. The molecule has 0 spiro atoms. The topological polar surface area (TPSA) is 110 Å². The smallest absolute Gasteiger partial charge is 0.475 e. The Morgan fingerprint density at radius 1 is 1.10 bits per heavy atom. The molecular formula is C20H18F4N4O3. The van der Waals surface area contributed by atoms with Gasteiger partial charge in [0.1, 0.15) is 5.82 Å². The zero-order chi connectivity index (χ0) is 23.3. The molecule has 0 radical (unpaired) electrons. The van der Waals surface area contributed by atoms with Crippen molar-refractivity contribution in [3.8, 4) is 5.69 Å². The van der Waals surface area contributed by atoms with E-state index in [9.17, 15) is 22.4 Å². The van der Waals surface area contributed by atoms with Crippen molar-refractivity contribution in [2.24, 2.45) is 0 Å². The standard InChI is InChI=1S/C18H17FN4O.C2HF3O2/c1-11-12(2)23(10-21-11)14-8-6-13(7-9-14)22-18(24)17-15(19)4-3-5-16(17)20;3-2(4,5)1(6)7/h3-10H,20H2,1-2H3,(H,22,24);(H,6,7). The monoisotopic (exact) mass is 438 g/mol. The van der Waals surface area contributed by atoms with Crippen molar-refractivity contribution in [3.63, 3.8) is 0 Å². The van der Waals surface area contributed by atoms with Crippen molar-refractivity contribution in [2.45, 2.75) is 20.0 Å². The van der Waals surface area contributed by atoms with Crippen LogP contribution in [-0.2, 0) is 4.79 Å². The molecule has 1 amide bonds. The molecule has 164 valence electrons. The van der Waals surface area contributed by atoms with Crippen LogP contribution < -0.4 is 11.1 Å². The number of hydrogen-bond donors (Lipinski definition) is 3. The molecule has 0 aliphatic heterocycles. The van der Waals surface area contributed by atoms with Crippen molar-refractivity contribution >= 4 is 23.3 Å². The molecule has 1 aromatic heterocycles. The van der Waals surface area contributed by atoms with Crippen LogP contribution in [0.25, 0.3) is 5.69 Å². The van der Waals surface area contributed by atoms with Gasteiger partial charge in [-0.15, -0.1) is 0 Å². The number of imidazole rings is 1. The summed E-state index contributed by atoms with van der Waals surface area (Å²) in [6.07, 6.45) is -3.34. The van der Waals surface area contributed by atoms with Gasteiger partial charge < -0.3 is 20.7 Å². The second-order valence-corrected chi connectivity index (χ2v) is 6.29. The van der Waals surface area contributed by atoms with Crippen molar-refractivity contribution in [3.05, 3.63) is 71.6 Å². The first-order chi connectivity index (χ1) is 14.4. The Hall–Kier alpha value is -3.89. The number of benzene rings is 2. The van der Waals surface area contributed by atoms with Gasteiger partial charge in [0.05, 0.1) is 17.6 Å². The number of carbonyl (C=O) groups excluding carboxylic acids is 1. The second-order valence-electron chi connectivity index (χ2n) is 6.29. The fourth-order valence-corrected chi connectivity index (χ4v) is 2.44. The lowest BCUT2D eigenvalue weighted by Gasteiger charge is -2.10. The minimum Gasteiger partial charge on any atom is -0.475 e. The number of alkyl halides is 3. The molecule has 3 rings (SSSR count). The highest BCUT2D eigenvalue weighted by atomic mass is 19.4. The molecule has 2 aromatic carbocycles. The molecule has 0 fully saturated rings. The Morgan fingerprint density at radius 2 is 1.68 bits per heavy atom. The first-order valence-corrected chi connectivity index (χ1v) is 8.68. The molecular weight excluding hydrogens is 420 g/mol. The van der Waals surface area contributed by atoms with Gasteiger partial charge in [0.2, 0.25) is 0 Å². The number of aromatic nitrogens is 2. The van der Waals surface area contributed by atoms with Crippen molar-refractivity contribution in [2.75, 3.05) is 11.1 Å². The van der Waals surface area contributed by atoms with Crippen molar-refractivity contribution in [1.82, 2.24) is 9.55 Å². The van der Waals surface area contributed by atoms with E-state index in [0.717, 1.165) is 17.1 Å². The summed E-state index contributed by atoms with van der Waals surface area (Å²) in [6.45, 7) is 3.93. The molecule has 4 N–H and O–H groups in total. The number of nitrogen functional groups attached to an aromatic ring is 1. The molecule has 0 bridgehead atoms. The number of carboxylic acid groups (broad SMARTS) is 1. The number of halogens is 4. The van der Waals surface area contributed by atoms with Crippen LogP contribution in [0.15, 0.2) is 48.8 Å². The first-order valence-electron chi connectivity index (χ1n) is 8.68. The summed E-state index contributed by atoms with van der Waals surface area (Å²) >= 11 is 0. The predicted molar refractivity (Wildman–Crippen MR) is 105 cm³/mol. The minimum atomic E-state index is -5.08. The summed E-state index contributed by atoms with van der Waals surface area (Å²) in [5, 5.41) is 9.78. The van der Waals surface area contributed by atoms with E-state index in [1.165, 1.54) is 18.2 Å². The fraction of sp³-hybridized carbons (Fsp3) is 0.150. The Bertz CT molecular complexity index is 1070. The average molecular weight is 438 g/mol. The lowest BCUT2D eigenvalue weighted by Crippen LogP contribution is -2.21. The molecule has 0 saturated heterocycles. The molecule has 0 aliphatic rings. The SMILES string of the molecule is Cc1ncn(-c2ccc(NC(=O)c3c(N)cccc3F)cc2)c1C.O=C(O)C(F)(F)F. The maximum absolute atomic E-state index is 13.8. The van der Waals surface area contributed by atoms with E-state index < -0.39 is 23.9 Å². The lowest BCUT2D eigenvalue weighted by atomic mass is 10.1. The summed E-state index contributed by atoms with van der Waals surface area (Å²) < 4.78 is 47.5. The molecule has 0 unspecified atom stereocenters. The van der Waals surface area contributed by atoms with Gasteiger partial charge in [0, 0.05) is 22.8 Å². The third kappa shape index (κ3) is 5.81. The number of hydrogen-bond acceptors (Lipinski definition) is 4. The van der Waals surface area contributed by atoms with E-state index in [4.69, 9.17) is 15.6 Å². The van der Waals surface area contributed by atoms with Gasteiger partial charge in [-0.1, -0.05) is 6.07 Å². The van der Waals surface area contributed by atoms with Gasteiger partial charge in [0.15, 0.2) is 0 Å². The van der Waals surface area contributed by atoms with Crippen molar-refractivity contribution in [1.29, 1.82) is 0 Å². The summed E-state index contributed by atoms with van der Waals surface area (Å²) in [7, 11) is 0. The number of amides is 1. The number of aryl methyl sites for hydroxylation is 1. The molecule has 3 aromatic rings. The molecule has 0 saturated carbocycles. The Kier molecular flexibility index (Phi) is 7.00. The summed E-state index contributed by atoms with van der Waals surface area (Å²) in [6, 6.07) is 11.4. The van der Waals surface area contributed by atoms with E-state index in [1.807, 2.05) is 30.5 Å². The Morgan fingerprint density at radius 3 is 2.13 bits per heavy atom. The predicted octanol–water partition coefficient (Wildman–Crippen LogP) is 4.10. The number of nitrogens with two attached hydrogens (primary N) is 1. The van der Waals surface area contributed by atoms with Crippen LogP contribution in [0.4, 0.5) is 28.9 Å². The van der Waals surface area contributed by atoms with E-state index in [0.29, 0.717) is 5.69 Å². The number of rotatable bonds is 3. The number of carboxylic acids is 1. The van der Waals surface area contributed by atoms with Crippen LogP contribution in [0.3, 0.4) is 0 Å². The van der Waals surface area contributed by atoms with Crippen molar-refractivity contribution < 1.29 is 32.3 Å². The number of carbonyl (C=O) groups is 2. The summed E-state index contributed by atoms with van der Waals surface area (Å²) in [5.74, 6) is -3.98. The van der Waals surface area contributed by atoms with E-state index >= 15 is 0 Å². The zero-order valence-corrected chi connectivity index (χ0v) is 16.4. The van der Waals surface area contributed by atoms with Crippen LogP contribution in [0, 0.1) is 19.7 Å². The Balaban J connectivity index is 0.000000423. The summed E-state index contributed by atoms with van der Waals surface area (Å²) in [5.41, 5.74) is 9.13. The van der Waals surface area contributed by atoms with Gasteiger partial charge in [-0.05, 0) is 50.2 Å². The van der Waals surface area contributed by atoms with E-state index in [-0.39, 0.29) is 11.3 Å².